The van der Waals surface area contributed by atoms with Crippen LogP contribution in [0.3, 0.4) is 0 Å². The number of nitrogens with one attached hydrogen (secondary N) is 2. The lowest BCUT2D eigenvalue weighted by molar-refractivity contribution is 0.545. The monoisotopic (exact) mass is 207 g/mol. The molecule has 0 spiro atoms. The quantitative estimate of drug-likeness (QED) is 0.778. The molecule has 0 amide bonds. The van der Waals surface area contributed by atoms with Crippen LogP contribution in [-0.4, -0.2) is 22.8 Å². The van der Waals surface area contributed by atoms with Crippen molar-refractivity contribution in [2.75, 3.05) is 6.54 Å². The molecule has 3 nitrogen and oxygen atoms in total. The fourth-order valence-electron chi connectivity index (χ4n) is 2.31. The standard InChI is InChI=1S/C12H21N3/c1-12(2,3)11-9(8-14-15-11)7-10-5-4-6-13-10/h8,10,13H,4-7H2,1-3H3,(H,14,15). The first-order chi connectivity index (χ1) is 7.07. The van der Waals surface area contributed by atoms with E-state index in [1.807, 2.05) is 6.20 Å². The lowest BCUT2D eigenvalue weighted by atomic mass is 9.88. The van der Waals surface area contributed by atoms with E-state index in [0.29, 0.717) is 6.04 Å². The topological polar surface area (TPSA) is 40.7 Å². The van der Waals surface area contributed by atoms with Crippen LogP contribution < -0.4 is 5.32 Å². The summed E-state index contributed by atoms with van der Waals surface area (Å²) in [5, 5.41) is 10.9. The van der Waals surface area contributed by atoms with Crippen molar-refractivity contribution in [2.24, 2.45) is 0 Å². The molecule has 3 heteroatoms. The second-order valence-electron chi connectivity index (χ2n) is 5.52. The van der Waals surface area contributed by atoms with Crippen LogP contribution in [0, 0.1) is 0 Å². The maximum Gasteiger partial charge on any atom is 0.0522 e. The van der Waals surface area contributed by atoms with Crippen molar-refractivity contribution in [3.05, 3.63) is 17.5 Å². The molecule has 0 saturated carbocycles. The third-order valence-electron chi connectivity index (χ3n) is 3.10. The van der Waals surface area contributed by atoms with E-state index in [-0.39, 0.29) is 5.41 Å². The summed E-state index contributed by atoms with van der Waals surface area (Å²) in [7, 11) is 0. The average Bonchev–Trinajstić information content (AvgIpc) is 2.73. The first-order valence-electron chi connectivity index (χ1n) is 5.83. The lowest BCUT2D eigenvalue weighted by Crippen LogP contribution is -2.25. The Morgan fingerprint density at radius 3 is 2.87 bits per heavy atom. The zero-order valence-corrected chi connectivity index (χ0v) is 9.93. The van der Waals surface area contributed by atoms with Gasteiger partial charge in [0.25, 0.3) is 0 Å². The van der Waals surface area contributed by atoms with Crippen LogP contribution in [0.2, 0.25) is 0 Å². The van der Waals surface area contributed by atoms with Crippen LogP contribution in [0.5, 0.6) is 0 Å². The molecular formula is C12H21N3. The van der Waals surface area contributed by atoms with E-state index in [2.05, 4.69) is 36.3 Å². The first kappa shape index (κ1) is 10.7. The van der Waals surface area contributed by atoms with Gasteiger partial charge in [-0.2, -0.15) is 5.10 Å². The highest BCUT2D eigenvalue weighted by Gasteiger charge is 2.23. The Hall–Kier alpha value is -0.830. The molecule has 1 unspecified atom stereocenters. The van der Waals surface area contributed by atoms with Crippen molar-refractivity contribution < 1.29 is 0 Å². The van der Waals surface area contributed by atoms with Crippen LogP contribution >= 0.6 is 0 Å². The van der Waals surface area contributed by atoms with Gasteiger partial charge in [0, 0.05) is 17.2 Å². The van der Waals surface area contributed by atoms with Crippen molar-refractivity contribution in [1.29, 1.82) is 0 Å². The fraction of sp³-hybridized carbons (Fsp3) is 0.750. The van der Waals surface area contributed by atoms with Crippen molar-refractivity contribution in [3.63, 3.8) is 0 Å². The minimum atomic E-state index is 0.171. The highest BCUT2D eigenvalue weighted by molar-refractivity contribution is 5.24. The summed E-state index contributed by atoms with van der Waals surface area (Å²) in [5.41, 5.74) is 2.84. The molecule has 2 N–H and O–H groups in total. The molecule has 15 heavy (non-hydrogen) atoms. The van der Waals surface area contributed by atoms with E-state index in [0.717, 1.165) is 6.42 Å². The molecule has 1 fully saturated rings. The van der Waals surface area contributed by atoms with Crippen LogP contribution in [-0.2, 0) is 11.8 Å². The summed E-state index contributed by atoms with van der Waals surface area (Å²) in [6, 6.07) is 0.656. The molecule has 0 aromatic carbocycles. The Balaban J connectivity index is 2.11. The van der Waals surface area contributed by atoms with Crippen molar-refractivity contribution in [1.82, 2.24) is 15.5 Å². The van der Waals surface area contributed by atoms with E-state index in [1.54, 1.807) is 0 Å². The first-order valence-corrected chi connectivity index (χ1v) is 5.83. The normalized spacial score (nSPS) is 22.2. The molecule has 84 valence electrons. The Bertz CT molecular complexity index is 316. The van der Waals surface area contributed by atoms with Gasteiger partial charge in [0.2, 0.25) is 0 Å². The zero-order chi connectivity index (χ0) is 10.9. The molecule has 0 bridgehead atoms. The number of hydrogen-bond donors (Lipinski definition) is 2. The largest absolute Gasteiger partial charge is 0.314 e. The number of aromatic amines is 1. The zero-order valence-electron chi connectivity index (χ0n) is 9.93. The Kier molecular flexibility index (Phi) is 2.83. The molecule has 0 aliphatic carbocycles. The third-order valence-corrected chi connectivity index (χ3v) is 3.10. The molecule has 2 rings (SSSR count). The van der Waals surface area contributed by atoms with Crippen LogP contribution in [0.15, 0.2) is 6.20 Å². The Morgan fingerprint density at radius 2 is 2.27 bits per heavy atom. The minimum Gasteiger partial charge on any atom is -0.314 e. The SMILES string of the molecule is CC(C)(C)c1[nH]ncc1CC1CCCN1. The van der Waals surface area contributed by atoms with Crippen LogP contribution in [0.25, 0.3) is 0 Å². The van der Waals surface area contributed by atoms with Crippen molar-refractivity contribution >= 4 is 0 Å². The van der Waals surface area contributed by atoms with E-state index in [4.69, 9.17) is 0 Å². The maximum absolute atomic E-state index is 4.18. The molecular weight excluding hydrogens is 186 g/mol. The van der Waals surface area contributed by atoms with Crippen LogP contribution in [0.4, 0.5) is 0 Å². The van der Waals surface area contributed by atoms with Gasteiger partial charge in [0.1, 0.15) is 0 Å². The van der Waals surface area contributed by atoms with Gasteiger partial charge in [-0.15, -0.1) is 0 Å². The molecule has 2 heterocycles. The second-order valence-corrected chi connectivity index (χ2v) is 5.52. The van der Waals surface area contributed by atoms with Gasteiger partial charge in [-0.25, -0.2) is 0 Å². The Morgan fingerprint density at radius 1 is 1.47 bits per heavy atom. The third kappa shape index (κ3) is 2.40. The van der Waals surface area contributed by atoms with Gasteiger partial charge in [0.15, 0.2) is 0 Å². The van der Waals surface area contributed by atoms with E-state index in [1.165, 1.54) is 30.6 Å². The van der Waals surface area contributed by atoms with Gasteiger partial charge in [-0.3, -0.25) is 5.10 Å². The molecule has 1 aliphatic heterocycles. The predicted molar refractivity (Wildman–Crippen MR) is 62.0 cm³/mol. The van der Waals surface area contributed by atoms with Gasteiger partial charge in [-0.05, 0) is 31.4 Å². The van der Waals surface area contributed by atoms with Crippen molar-refractivity contribution in [2.45, 2.75) is 51.5 Å². The van der Waals surface area contributed by atoms with Gasteiger partial charge in [-0.1, -0.05) is 20.8 Å². The molecule has 1 atom stereocenters. The van der Waals surface area contributed by atoms with Crippen molar-refractivity contribution in [3.8, 4) is 0 Å². The smallest absolute Gasteiger partial charge is 0.0522 e. The summed E-state index contributed by atoms with van der Waals surface area (Å²) < 4.78 is 0. The summed E-state index contributed by atoms with van der Waals surface area (Å²) >= 11 is 0. The van der Waals surface area contributed by atoms with Crippen LogP contribution in [0.1, 0.15) is 44.9 Å². The predicted octanol–water partition coefficient (Wildman–Crippen LogP) is 2.00. The summed E-state index contributed by atoms with van der Waals surface area (Å²) in [5.74, 6) is 0. The molecule has 1 saturated heterocycles. The average molecular weight is 207 g/mol. The molecule has 1 aromatic heterocycles. The highest BCUT2D eigenvalue weighted by atomic mass is 15.1. The highest BCUT2D eigenvalue weighted by Crippen LogP contribution is 2.25. The van der Waals surface area contributed by atoms with Gasteiger partial charge < -0.3 is 5.32 Å². The van der Waals surface area contributed by atoms with E-state index < -0.39 is 0 Å². The number of hydrogen-bond acceptors (Lipinski definition) is 2. The number of rotatable bonds is 2. The summed E-state index contributed by atoms with van der Waals surface area (Å²) in [4.78, 5) is 0. The fourth-order valence-corrected chi connectivity index (χ4v) is 2.31. The lowest BCUT2D eigenvalue weighted by Gasteiger charge is -2.19. The molecule has 1 aliphatic rings. The maximum atomic E-state index is 4.18. The molecule has 1 aromatic rings. The Labute approximate surface area is 91.7 Å². The summed E-state index contributed by atoms with van der Waals surface area (Å²) in [6.07, 6.45) is 5.71. The summed E-state index contributed by atoms with van der Waals surface area (Å²) in [6.45, 7) is 7.86. The van der Waals surface area contributed by atoms with E-state index >= 15 is 0 Å². The second kappa shape index (κ2) is 3.97. The van der Waals surface area contributed by atoms with Gasteiger partial charge >= 0.3 is 0 Å². The number of H-pyrrole nitrogens is 1. The number of nitrogens with zero attached hydrogens (tertiary/aromatic N) is 1. The minimum absolute atomic E-state index is 0.171. The van der Waals surface area contributed by atoms with Gasteiger partial charge in [0.05, 0.1) is 6.20 Å². The number of aromatic nitrogens is 2. The molecule has 0 radical (unpaired) electrons. The van der Waals surface area contributed by atoms with E-state index in [9.17, 15) is 0 Å².